The lowest BCUT2D eigenvalue weighted by molar-refractivity contribution is 0.292. The van der Waals surface area contributed by atoms with Crippen LogP contribution in [0.15, 0.2) is 303 Å². The van der Waals surface area contributed by atoms with Crippen molar-refractivity contribution in [2.24, 2.45) is 0 Å². The summed E-state index contributed by atoms with van der Waals surface area (Å²) < 4.78 is 23.0. The molecule has 0 bridgehead atoms. The third kappa shape index (κ3) is 18.2. The highest BCUT2D eigenvalue weighted by molar-refractivity contribution is 6.21. The average molecular weight is 1740 g/mol. The first-order chi connectivity index (χ1) is 64.5. The van der Waals surface area contributed by atoms with E-state index in [2.05, 4.69) is 159 Å². The summed E-state index contributed by atoms with van der Waals surface area (Å²) in [6, 6.07) is 96.4. The number of hydrogen-bond acceptors (Lipinski definition) is 24. The van der Waals surface area contributed by atoms with Crippen LogP contribution < -0.4 is 18.9 Å². The molecule has 8 N–H and O–H groups in total. The van der Waals surface area contributed by atoms with Gasteiger partial charge >= 0.3 is 24.0 Å². The van der Waals surface area contributed by atoms with Crippen molar-refractivity contribution in [3.05, 3.63) is 303 Å². The van der Waals surface area contributed by atoms with E-state index in [1.54, 1.807) is 24.3 Å². The zero-order valence-electron chi connectivity index (χ0n) is 72.1. The van der Waals surface area contributed by atoms with Gasteiger partial charge in [-0.05, 0) is 208 Å². The Morgan fingerprint density at radius 2 is 0.470 bits per heavy atom. The minimum Gasteiger partial charge on any atom is -0.508 e. The van der Waals surface area contributed by atoms with Crippen LogP contribution in [0.3, 0.4) is 0 Å². The van der Waals surface area contributed by atoms with Crippen LogP contribution in [0.4, 0.5) is 0 Å². The quantitative estimate of drug-likeness (QED) is 0.0259. The molecule has 4 aromatic heterocycles. The first kappa shape index (κ1) is 85.5. The molecule has 17 aromatic carbocycles. The lowest BCUT2D eigenvalue weighted by atomic mass is 9.93. The second-order valence-electron chi connectivity index (χ2n) is 31.3. The van der Waals surface area contributed by atoms with Crippen molar-refractivity contribution in [1.29, 1.82) is 0 Å². The van der Waals surface area contributed by atoms with Crippen LogP contribution in [0.1, 0.15) is 53.4 Å². The second-order valence-corrected chi connectivity index (χ2v) is 31.3. The summed E-state index contributed by atoms with van der Waals surface area (Å²) in [4.78, 5) is 54.9. The van der Waals surface area contributed by atoms with Gasteiger partial charge in [-0.25, -0.2) is 19.9 Å². The maximum absolute atomic E-state index is 10.5. The van der Waals surface area contributed by atoms with E-state index in [9.17, 15) is 40.9 Å². The second kappa shape index (κ2) is 38.1. The minimum atomic E-state index is -0.122. The summed E-state index contributed by atoms with van der Waals surface area (Å²) in [6.07, 6.45) is 3.22. The number of phenols is 8. The van der Waals surface area contributed by atoms with Gasteiger partial charge in [0.2, 0.25) is 0 Å². The van der Waals surface area contributed by atoms with Crippen molar-refractivity contribution >= 4 is 97.0 Å². The standard InChI is InChI=1S/C30H23N3O3.3C26H21N3O3/c1-2-15-36-30-32-28(24-14-12-19(34)16-27(24)35)31-29(33-30)26-17-25-20-8-4-3-7-18(20)11-13-23(25)21-9-5-6-10-22(21)26;1-2-13-32-26-28-24(21-12-11-18(30)15-22(21)31)27-25(29-26)23-19-9-5-3-7-16(19)14-17-8-4-6-10-20(17)23;1-2-13-32-26-28-24(21-12-11-17(30)15-23(21)31)27-25(29-26)22-14-16-7-3-4-8-18(16)19-9-5-6-10-20(19)22;1-2-11-32-26-28-24(27-25(29-26)22-10-9-21(30)15-23(22)31)19-8-7-18-12-16-5-3-4-6-17(16)13-20(18)14-19/h3-14,16-17,34-35H,2,15H2,1H3;2*3-12,14-15,30-31H,2,13H2,1H3;3-10,12-15,30-31H,2,11H2,1H3. The van der Waals surface area contributed by atoms with Gasteiger partial charge in [0.25, 0.3) is 0 Å². The average Bonchev–Trinajstić information content (AvgIpc) is 0.733. The largest absolute Gasteiger partial charge is 0.508 e. The van der Waals surface area contributed by atoms with Crippen LogP contribution in [0.25, 0.3) is 188 Å². The Balaban J connectivity index is 0.000000118. The summed E-state index contributed by atoms with van der Waals surface area (Å²) in [5, 5.41) is 100. The molecule has 0 fully saturated rings. The van der Waals surface area contributed by atoms with Crippen LogP contribution in [0.5, 0.6) is 70.0 Å². The van der Waals surface area contributed by atoms with Gasteiger partial charge < -0.3 is 59.8 Å². The van der Waals surface area contributed by atoms with E-state index >= 15 is 0 Å². The summed E-state index contributed by atoms with van der Waals surface area (Å²) in [7, 11) is 0. The third-order valence-corrected chi connectivity index (χ3v) is 22.1. The van der Waals surface area contributed by atoms with Crippen LogP contribution in [0.2, 0.25) is 0 Å². The molecule has 0 aliphatic carbocycles. The predicted molar refractivity (Wildman–Crippen MR) is 517 cm³/mol. The number of ether oxygens (including phenoxy) is 4. The number of phenolic OH excluding ortho intramolecular Hbond substituents is 8. The molecule has 4 heterocycles. The molecule has 0 aliphatic rings. The molecular formula is C108H86N12O12. The van der Waals surface area contributed by atoms with E-state index in [1.165, 1.54) is 53.9 Å². The fraction of sp³-hybridized carbons (Fsp3) is 0.111. The molecule has 0 saturated carbocycles. The maximum Gasteiger partial charge on any atom is 0.320 e. The van der Waals surface area contributed by atoms with Gasteiger partial charge in [-0.15, -0.1) is 0 Å². The number of benzene rings is 17. The Morgan fingerprint density at radius 3 is 0.886 bits per heavy atom. The Kier molecular flexibility index (Phi) is 24.7. The molecule has 0 amide bonds. The molecule has 0 aliphatic heterocycles. The van der Waals surface area contributed by atoms with Crippen LogP contribution in [-0.2, 0) is 0 Å². The monoisotopic (exact) mass is 1740 g/mol. The molecule has 21 aromatic rings. The van der Waals surface area contributed by atoms with Gasteiger partial charge in [-0.2, -0.15) is 39.9 Å². The lowest BCUT2D eigenvalue weighted by Gasteiger charge is -2.14. The SMILES string of the molecule is CCCOc1nc(-c2ccc(O)cc2O)nc(-c2c3ccccc3cc3ccccc23)n1.CCCOc1nc(-c2ccc(O)cc2O)nc(-c2cc3c4ccccc4ccc3c3ccccc23)n1.CCCOc1nc(-c2ccc(O)cc2O)nc(-c2cc3ccccc3c3ccccc23)n1.CCCOc1nc(-c2ccc3cc4ccccc4cc3c2)nc(-c2ccc(O)cc2O)n1. The van der Waals surface area contributed by atoms with Crippen molar-refractivity contribution < 1.29 is 59.8 Å². The Hall–Kier alpha value is -17.3. The molecule has 0 radical (unpaired) electrons. The van der Waals surface area contributed by atoms with Crippen LogP contribution in [-0.4, -0.2) is 127 Å². The number of nitrogens with zero attached hydrogens (tertiary/aromatic N) is 12. The highest BCUT2D eigenvalue weighted by Gasteiger charge is 2.24. The summed E-state index contributed by atoms with van der Waals surface area (Å²) in [6.45, 7) is 9.86. The molecule has 650 valence electrons. The lowest BCUT2D eigenvalue weighted by Crippen LogP contribution is -2.05. The highest BCUT2D eigenvalue weighted by Crippen LogP contribution is 2.44. The molecular weight excluding hydrogens is 1660 g/mol. The van der Waals surface area contributed by atoms with Crippen molar-refractivity contribution in [1.82, 2.24) is 59.8 Å². The van der Waals surface area contributed by atoms with E-state index in [0.29, 0.717) is 72.0 Å². The highest BCUT2D eigenvalue weighted by atomic mass is 16.5. The molecule has 0 atom stereocenters. The van der Waals surface area contributed by atoms with Crippen LogP contribution in [0, 0.1) is 0 Å². The summed E-state index contributed by atoms with van der Waals surface area (Å²) >= 11 is 0. The molecule has 132 heavy (non-hydrogen) atoms. The van der Waals surface area contributed by atoms with Gasteiger partial charge in [0.05, 0.1) is 48.7 Å². The normalized spacial score (nSPS) is 11.2. The number of fused-ring (bicyclic) bond motifs is 12. The number of rotatable bonds is 20. The Bertz CT molecular complexity index is 7890. The molecule has 0 unspecified atom stereocenters. The van der Waals surface area contributed by atoms with E-state index in [-0.39, 0.29) is 93.3 Å². The fourth-order valence-electron chi connectivity index (χ4n) is 15.9. The first-order valence-corrected chi connectivity index (χ1v) is 43.2. The molecule has 0 spiro atoms. The van der Waals surface area contributed by atoms with Crippen molar-refractivity contribution in [3.8, 4) is 161 Å². The summed E-state index contributed by atoms with van der Waals surface area (Å²) in [5.74, 6) is 2.27. The summed E-state index contributed by atoms with van der Waals surface area (Å²) in [5.41, 5.74) is 4.93. The van der Waals surface area contributed by atoms with Gasteiger partial charge in [-0.3, -0.25) is 0 Å². The number of aromatic hydroxyl groups is 8. The van der Waals surface area contributed by atoms with Crippen molar-refractivity contribution in [3.63, 3.8) is 0 Å². The van der Waals surface area contributed by atoms with E-state index in [4.69, 9.17) is 28.9 Å². The Morgan fingerprint density at radius 1 is 0.189 bits per heavy atom. The molecule has 0 saturated heterocycles. The van der Waals surface area contributed by atoms with Gasteiger partial charge in [0, 0.05) is 46.5 Å². The van der Waals surface area contributed by atoms with Crippen LogP contribution >= 0.6 is 0 Å². The van der Waals surface area contributed by atoms with E-state index in [1.807, 2.05) is 149 Å². The van der Waals surface area contributed by atoms with Gasteiger partial charge in [-0.1, -0.05) is 222 Å². The topological polar surface area (TPSA) is 353 Å². The zero-order chi connectivity index (χ0) is 90.9. The third-order valence-electron chi connectivity index (χ3n) is 22.1. The van der Waals surface area contributed by atoms with E-state index in [0.717, 1.165) is 140 Å². The smallest absolute Gasteiger partial charge is 0.320 e. The van der Waals surface area contributed by atoms with Crippen molar-refractivity contribution in [2.75, 3.05) is 26.4 Å². The first-order valence-electron chi connectivity index (χ1n) is 43.2. The molecule has 24 heteroatoms. The fourth-order valence-corrected chi connectivity index (χ4v) is 15.9. The Labute approximate surface area is 756 Å². The van der Waals surface area contributed by atoms with Gasteiger partial charge in [0.15, 0.2) is 46.6 Å². The number of hydrogen-bond donors (Lipinski definition) is 8. The molecule has 24 nitrogen and oxygen atoms in total. The van der Waals surface area contributed by atoms with E-state index < -0.39 is 0 Å². The van der Waals surface area contributed by atoms with Crippen molar-refractivity contribution in [2.45, 2.75) is 53.4 Å². The maximum atomic E-state index is 10.5. The number of aromatic nitrogens is 12. The minimum absolute atomic E-state index is 0.0373. The van der Waals surface area contributed by atoms with Gasteiger partial charge in [0.1, 0.15) is 46.0 Å². The zero-order valence-corrected chi connectivity index (χ0v) is 72.1. The molecule has 21 rings (SSSR count). The predicted octanol–water partition coefficient (Wildman–Crippen LogP) is 24.0.